The maximum atomic E-state index is 6.23. The largest absolute Gasteiger partial charge is 0.329 e. The normalized spacial score (nSPS) is 20.2. The predicted octanol–water partition coefficient (Wildman–Crippen LogP) is 2.95. The fourth-order valence-corrected chi connectivity index (χ4v) is 3.62. The summed E-state index contributed by atoms with van der Waals surface area (Å²) in [5.41, 5.74) is 6.49. The molecule has 1 aliphatic heterocycles. The molecule has 2 N–H and O–H groups in total. The van der Waals surface area contributed by atoms with Crippen molar-refractivity contribution >= 4 is 0 Å². The van der Waals surface area contributed by atoms with Crippen LogP contribution in [0.5, 0.6) is 0 Å². The van der Waals surface area contributed by atoms with Crippen molar-refractivity contribution in [2.45, 2.75) is 71.9 Å². The zero-order chi connectivity index (χ0) is 15.2. The Morgan fingerprint density at radius 2 is 1.65 bits per heavy atom. The molecule has 0 radical (unpaired) electrons. The lowest BCUT2D eigenvalue weighted by molar-refractivity contribution is 0.0109. The summed E-state index contributed by atoms with van der Waals surface area (Å²) >= 11 is 0. The molecule has 3 heteroatoms. The Morgan fingerprint density at radius 1 is 1.10 bits per heavy atom. The zero-order valence-corrected chi connectivity index (χ0v) is 14.5. The van der Waals surface area contributed by atoms with E-state index in [0.29, 0.717) is 6.04 Å². The molecular formula is C17H37N3. The second kappa shape index (κ2) is 8.35. The van der Waals surface area contributed by atoms with Gasteiger partial charge in [-0.05, 0) is 39.2 Å². The average Bonchev–Trinajstić information content (AvgIpc) is 2.48. The molecule has 1 saturated heterocycles. The van der Waals surface area contributed by atoms with Gasteiger partial charge in [0, 0.05) is 37.8 Å². The third-order valence-electron chi connectivity index (χ3n) is 5.52. The van der Waals surface area contributed by atoms with Crippen LogP contribution in [-0.4, -0.2) is 54.1 Å². The van der Waals surface area contributed by atoms with E-state index >= 15 is 0 Å². The lowest BCUT2D eigenvalue weighted by atomic mass is 9.84. The average molecular weight is 284 g/mol. The highest BCUT2D eigenvalue weighted by Gasteiger charge is 2.38. The highest BCUT2D eigenvalue weighted by atomic mass is 15.2. The minimum absolute atomic E-state index is 0.253. The first-order valence-electron chi connectivity index (χ1n) is 8.72. The highest BCUT2D eigenvalue weighted by molar-refractivity contribution is 4.97. The van der Waals surface area contributed by atoms with Crippen molar-refractivity contribution in [3.8, 4) is 0 Å². The smallest absolute Gasteiger partial charge is 0.0356 e. The second-order valence-electron chi connectivity index (χ2n) is 6.78. The predicted molar refractivity (Wildman–Crippen MR) is 89.0 cm³/mol. The standard InChI is InChI=1S/C17H37N3/c1-6-16(7-2)13-20(8-3)17(14-18)9-11-19(12-10-17)15(4)5/h15-16H,6-14,18H2,1-5H3. The minimum Gasteiger partial charge on any atom is -0.329 e. The molecule has 0 atom stereocenters. The quantitative estimate of drug-likeness (QED) is 0.743. The first-order chi connectivity index (χ1) is 9.52. The molecule has 0 bridgehead atoms. The first-order valence-corrected chi connectivity index (χ1v) is 8.72. The Morgan fingerprint density at radius 3 is 2.00 bits per heavy atom. The molecule has 1 heterocycles. The zero-order valence-electron chi connectivity index (χ0n) is 14.5. The fourth-order valence-electron chi connectivity index (χ4n) is 3.62. The van der Waals surface area contributed by atoms with Gasteiger partial charge >= 0.3 is 0 Å². The van der Waals surface area contributed by atoms with Crippen LogP contribution >= 0.6 is 0 Å². The van der Waals surface area contributed by atoms with Gasteiger partial charge in [-0.3, -0.25) is 4.90 Å². The molecule has 0 amide bonds. The Balaban J connectivity index is 2.71. The van der Waals surface area contributed by atoms with Gasteiger partial charge < -0.3 is 10.6 Å². The van der Waals surface area contributed by atoms with Crippen LogP contribution in [0.3, 0.4) is 0 Å². The molecule has 0 aromatic carbocycles. The third kappa shape index (κ3) is 4.19. The monoisotopic (exact) mass is 283 g/mol. The van der Waals surface area contributed by atoms with E-state index < -0.39 is 0 Å². The van der Waals surface area contributed by atoms with Crippen molar-refractivity contribution in [1.82, 2.24) is 9.80 Å². The number of likely N-dealkylation sites (tertiary alicyclic amines) is 1. The fraction of sp³-hybridized carbons (Fsp3) is 1.00. The minimum atomic E-state index is 0.253. The van der Waals surface area contributed by atoms with E-state index in [4.69, 9.17) is 5.73 Å². The molecule has 0 aliphatic carbocycles. The van der Waals surface area contributed by atoms with Crippen LogP contribution in [-0.2, 0) is 0 Å². The van der Waals surface area contributed by atoms with Crippen LogP contribution in [0.25, 0.3) is 0 Å². The number of nitrogens with two attached hydrogens (primary N) is 1. The van der Waals surface area contributed by atoms with Gasteiger partial charge in [0.2, 0.25) is 0 Å². The maximum Gasteiger partial charge on any atom is 0.0356 e. The summed E-state index contributed by atoms with van der Waals surface area (Å²) in [6.07, 6.45) is 5.03. The molecule has 20 heavy (non-hydrogen) atoms. The number of rotatable bonds is 8. The maximum absolute atomic E-state index is 6.23. The molecule has 1 rings (SSSR count). The number of hydrogen-bond donors (Lipinski definition) is 1. The van der Waals surface area contributed by atoms with Crippen LogP contribution in [0.1, 0.15) is 60.3 Å². The Labute approximate surface area is 126 Å². The summed E-state index contributed by atoms with van der Waals surface area (Å²) in [7, 11) is 0. The van der Waals surface area contributed by atoms with E-state index in [1.807, 2.05) is 0 Å². The summed E-state index contributed by atoms with van der Waals surface area (Å²) in [6, 6.07) is 0.667. The van der Waals surface area contributed by atoms with Gasteiger partial charge in [-0.25, -0.2) is 0 Å². The van der Waals surface area contributed by atoms with Gasteiger partial charge in [-0.1, -0.05) is 33.6 Å². The van der Waals surface area contributed by atoms with Crippen LogP contribution in [0, 0.1) is 5.92 Å². The molecule has 0 aromatic rings. The van der Waals surface area contributed by atoms with Gasteiger partial charge in [0.05, 0.1) is 0 Å². The first kappa shape index (κ1) is 17.9. The van der Waals surface area contributed by atoms with Crippen LogP contribution < -0.4 is 5.73 Å². The van der Waals surface area contributed by atoms with Crippen molar-refractivity contribution < 1.29 is 0 Å². The van der Waals surface area contributed by atoms with E-state index in [9.17, 15) is 0 Å². The number of nitrogens with zero attached hydrogens (tertiary/aromatic N) is 2. The van der Waals surface area contributed by atoms with Crippen LogP contribution in [0.4, 0.5) is 0 Å². The van der Waals surface area contributed by atoms with Crippen LogP contribution in [0.15, 0.2) is 0 Å². The summed E-state index contributed by atoms with van der Waals surface area (Å²) in [6.45, 7) is 17.1. The Hall–Kier alpha value is -0.120. The number of hydrogen-bond acceptors (Lipinski definition) is 3. The van der Waals surface area contributed by atoms with E-state index in [1.165, 1.54) is 45.3 Å². The lowest BCUT2D eigenvalue weighted by Gasteiger charge is -2.50. The third-order valence-corrected chi connectivity index (χ3v) is 5.52. The van der Waals surface area contributed by atoms with Gasteiger partial charge in [0.1, 0.15) is 0 Å². The molecule has 0 unspecified atom stereocenters. The molecule has 0 saturated carbocycles. The molecular weight excluding hydrogens is 246 g/mol. The summed E-state index contributed by atoms with van der Waals surface area (Å²) < 4.78 is 0. The Kier molecular flexibility index (Phi) is 7.49. The molecule has 1 fully saturated rings. The van der Waals surface area contributed by atoms with E-state index in [-0.39, 0.29) is 5.54 Å². The van der Waals surface area contributed by atoms with Crippen LogP contribution in [0.2, 0.25) is 0 Å². The van der Waals surface area contributed by atoms with E-state index in [0.717, 1.165) is 19.0 Å². The molecule has 120 valence electrons. The number of piperidine rings is 1. The van der Waals surface area contributed by atoms with Gasteiger partial charge in [-0.15, -0.1) is 0 Å². The van der Waals surface area contributed by atoms with Gasteiger partial charge in [-0.2, -0.15) is 0 Å². The molecule has 0 aromatic heterocycles. The molecule has 1 aliphatic rings. The van der Waals surface area contributed by atoms with Gasteiger partial charge in [0.25, 0.3) is 0 Å². The second-order valence-corrected chi connectivity index (χ2v) is 6.78. The molecule has 3 nitrogen and oxygen atoms in total. The topological polar surface area (TPSA) is 32.5 Å². The van der Waals surface area contributed by atoms with E-state index in [1.54, 1.807) is 0 Å². The molecule has 0 spiro atoms. The highest BCUT2D eigenvalue weighted by Crippen LogP contribution is 2.30. The summed E-state index contributed by atoms with van der Waals surface area (Å²) in [5.74, 6) is 0.821. The van der Waals surface area contributed by atoms with Crippen molar-refractivity contribution in [3.63, 3.8) is 0 Å². The SMILES string of the molecule is CCC(CC)CN(CC)C1(CN)CCN(C(C)C)CC1. The van der Waals surface area contributed by atoms with Gasteiger partial charge in [0.15, 0.2) is 0 Å². The summed E-state index contributed by atoms with van der Waals surface area (Å²) in [4.78, 5) is 5.29. The van der Waals surface area contributed by atoms with Crippen molar-refractivity contribution in [2.75, 3.05) is 32.7 Å². The summed E-state index contributed by atoms with van der Waals surface area (Å²) in [5, 5.41) is 0. The van der Waals surface area contributed by atoms with Crippen molar-refractivity contribution in [3.05, 3.63) is 0 Å². The lowest BCUT2D eigenvalue weighted by Crippen LogP contribution is -2.60. The Bertz CT molecular complexity index is 253. The van der Waals surface area contributed by atoms with Crippen molar-refractivity contribution in [1.29, 1.82) is 0 Å². The van der Waals surface area contributed by atoms with E-state index in [2.05, 4.69) is 44.4 Å². The number of likely N-dealkylation sites (N-methyl/N-ethyl adjacent to an activating group) is 1. The van der Waals surface area contributed by atoms with Crippen molar-refractivity contribution in [2.24, 2.45) is 11.7 Å².